The molecule has 3 N–H and O–H groups in total. The summed E-state index contributed by atoms with van der Waals surface area (Å²) in [6, 6.07) is 0. The molecule has 1 heterocycles. The number of amides is 1. The summed E-state index contributed by atoms with van der Waals surface area (Å²) in [6.45, 7) is 7.17. The van der Waals surface area contributed by atoms with E-state index in [9.17, 15) is 4.79 Å². The maximum absolute atomic E-state index is 11.1. The second-order valence-electron chi connectivity index (χ2n) is 4.54. The molecule has 16 heavy (non-hydrogen) atoms. The van der Waals surface area contributed by atoms with Crippen molar-refractivity contribution in [3.8, 4) is 0 Å². The van der Waals surface area contributed by atoms with Crippen LogP contribution in [0.4, 0.5) is 0 Å². The van der Waals surface area contributed by atoms with Crippen molar-refractivity contribution in [3.63, 3.8) is 0 Å². The molecule has 0 aliphatic carbocycles. The van der Waals surface area contributed by atoms with E-state index in [1.54, 1.807) is 11.3 Å². The summed E-state index contributed by atoms with van der Waals surface area (Å²) >= 11 is 1.67. The van der Waals surface area contributed by atoms with Crippen LogP contribution in [0.3, 0.4) is 0 Å². The summed E-state index contributed by atoms with van der Waals surface area (Å²) in [6.07, 6.45) is 0.950. The predicted octanol–water partition coefficient (Wildman–Crippen LogP) is 1.10. The van der Waals surface area contributed by atoms with Crippen LogP contribution in [-0.4, -0.2) is 24.0 Å². The lowest BCUT2D eigenvalue weighted by Gasteiger charge is -2.20. The minimum absolute atomic E-state index is 0.269. The Morgan fingerprint density at radius 2 is 2.31 bits per heavy atom. The molecule has 0 saturated carbocycles. The lowest BCUT2D eigenvalue weighted by Crippen LogP contribution is -2.40. The number of primary amides is 1. The van der Waals surface area contributed by atoms with E-state index in [4.69, 9.17) is 5.73 Å². The van der Waals surface area contributed by atoms with E-state index in [1.807, 2.05) is 26.3 Å². The fourth-order valence-electron chi connectivity index (χ4n) is 1.26. The van der Waals surface area contributed by atoms with Gasteiger partial charge in [-0.1, -0.05) is 0 Å². The highest BCUT2D eigenvalue weighted by Crippen LogP contribution is 2.13. The molecule has 5 heteroatoms. The van der Waals surface area contributed by atoms with E-state index < -0.39 is 5.41 Å². The third-order valence-electron chi connectivity index (χ3n) is 2.61. The first-order chi connectivity index (χ1) is 7.43. The minimum Gasteiger partial charge on any atom is -0.369 e. The van der Waals surface area contributed by atoms with Gasteiger partial charge in [0.25, 0.3) is 0 Å². The monoisotopic (exact) mass is 241 g/mol. The summed E-state index contributed by atoms with van der Waals surface area (Å²) in [5.41, 5.74) is 7.76. The van der Waals surface area contributed by atoms with Crippen molar-refractivity contribution in [2.45, 2.75) is 27.2 Å². The van der Waals surface area contributed by atoms with E-state index in [0.29, 0.717) is 6.54 Å². The molecule has 0 bridgehead atoms. The Morgan fingerprint density at radius 1 is 1.62 bits per heavy atom. The van der Waals surface area contributed by atoms with Gasteiger partial charge < -0.3 is 11.1 Å². The first kappa shape index (κ1) is 13.1. The van der Waals surface area contributed by atoms with Gasteiger partial charge in [0.05, 0.1) is 16.6 Å². The number of carbonyl (C=O) groups is 1. The number of nitrogens with two attached hydrogens (primary N) is 1. The Kier molecular flexibility index (Phi) is 4.44. The minimum atomic E-state index is -0.483. The number of nitrogens with one attached hydrogen (secondary N) is 1. The molecule has 0 aliphatic rings. The van der Waals surface area contributed by atoms with Crippen molar-refractivity contribution in [2.75, 3.05) is 13.1 Å². The highest BCUT2D eigenvalue weighted by Gasteiger charge is 2.23. The van der Waals surface area contributed by atoms with Gasteiger partial charge in [-0.3, -0.25) is 4.79 Å². The van der Waals surface area contributed by atoms with E-state index in [0.717, 1.165) is 18.7 Å². The predicted molar refractivity (Wildman–Crippen MR) is 66.4 cm³/mol. The van der Waals surface area contributed by atoms with Gasteiger partial charge >= 0.3 is 0 Å². The summed E-state index contributed by atoms with van der Waals surface area (Å²) in [4.78, 5) is 16.6. The van der Waals surface area contributed by atoms with Crippen LogP contribution in [0.15, 0.2) is 5.51 Å². The molecule has 0 aromatic carbocycles. The molecule has 1 aromatic rings. The first-order valence-corrected chi connectivity index (χ1v) is 6.21. The number of rotatable bonds is 6. The SMILES string of the molecule is Cc1ncsc1CCNCC(C)(C)C(N)=O. The van der Waals surface area contributed by atoms with Gasteiger partial charge in [-0.15, -0.1) is 11.3 Å². The van der Waals surface area contributed by atoms with Crippen LogP contribution in [0.2, 0.25) is 0 Å². The Morgan fingerprint density at radius 3 is 2.81 bits per heavy atom. The molecule has 0 spiro atoms. The topological polar surface area (TPSA) is 68.0 Å². The van der Waals surface area contributed by atoms with Crippen molar-refractivity contribution in [1.82, 2.24) is 10.3 Å². The van der Waals surface area contributed by atoms with Gasteiger partial charge in [-0.2, -0.15) is 0 Å². The van der Waals surface area contributed by atoms with Crippen LogP contribution in [0.1, 0.15) is 24.4 Å². The fraction of sp³-hybridized carbons (Fsp3) is 0.636. The molecule has 90 valence electrons. The van der Waals surface area contributed by atoms with E-state index in [-0.39, 0.29) is 5.91 Å². The molecule has 0 radical (unpaired) electrons. The van der Waals surface area contributed by atoms with Gasteiger partial charge in [0.2, 0.25) is 5.91 Å². The highest BCUT2D eigenvalue weighted by molar-refractivity contribution is 7.09. The largest absolute Gasteiger partial charge is 0.369 e. The lowest BCUT2D eigenvalue weighted by molar-refractivity contribution is -0.125. The van der Waals surface area contributed by atoms with Gasteiger partial charge in [0, 0.05) is 18.0 Å². The lowest BCUT2D eigenvalue weighted by atomic mass is 9.93. The zero-order valence-corrected chi connectivity index (χ0v) is 10.9. The molecule has 1 rings (SSSR count). The zero-order valence-electron chi connectivity index (χ0n) is 10.0. The number of aryl methyl sites for hydroxylation is 1. The van der Waals surface area contributed by atoms with Crippen molar-refractivity contribution in [3.05, 3.63) is 16.1 Å². The van der Waals surface area contributed by atoms with Crippen LogP contribution in [0.25, 0.3) is 0 Å². The highest BCUT2D eigenvalue weighted by atomic mass is 32.1. The molecule has 1 amide bonds. The average Bonchev–Trinajstić information content (AvgIpc) is 2.59. The van der Waals surface area contributed by atoms with Crippen molar-refractivity contribution >= 4 is 17.2 Å². The van der Waals surface area contributed by atoms with Gasteiger partial charge in [0.1, 0.15) is 0 Å². The van der Waals surface area contributed by atoms with Crippen LogP contribution in [0, 0.1) is 12.3 Å². The molecule has 4 nitrogen and oxygen atoms in total. The number of carbonyl (C=O) groups excluding carboxylic acids is 1. The van der Waals surface area contributed by atoms with Gasteiger partial charge in [-0.25, -0.2) is 4.98 Å². The number of aromatic nitrogens is 1. The van der Waals surface area contributed by atoms with Crippen molar-refractivity contribution < 1.29 is 4.79 Å². The smallest absolute Gasteiger partial charge is 0.224 e. The Balaban J connectivity index is 2.27. The van der Waals surface area contributed by atoms with E-state index in [1.165, 1.54) is 4.88 Å². The number of thiazole rings is 1. The average molecular weight is 241 g/mol. The summed E-state index contributed by atoms with van der Waals surface area (Å²) in [5, 5.41) is 3.25. The van der Waals surface area contributed by atoms with Gasteiger partial charge in [-0.05, 0) is 27.2 Å². The molecule has 0 aliphatic heterocycles. The Labute approximate surface area is 100 Å². The molecule has 0 fully saturated rings. The van der Waals surface area contributed by atoms with E-state index in [2.05, 4.69) is 10.3 Å². The van der Waals surface area contributed by atoms with Crippen LogP contribution >= 0.6 is 11.3 Å². The maximum atomic E-state index is 11.1. The summed E-state index contributed by atoms with van der Waals surface area (Å²) < 4.78 is 0. The zero-order chi connectivity index (χ0) is 12.2. The Bertz CT molecular complexity index is 360. The second kappa shape index (κ2) is 5.41. The normalized spacial score (nSPS) is 11.7. The fourth-order valence-corrected chi connectivity index (χ4v) is 2.04. The van der Waals surface area contributed by atoms with Crippen molar-refractivity contribution in [1.29, 1.82) is 0 Å². The Hall–Kier alpha value is -0.940. The molecule has 1 aromatic heterocycles. The van der Waals surface area contributed by atoms with Crippen LogP contribution in [-0.2, 0) is 11.2 Å². The second-order valence-corrected chi connectivity index (χ2v) is 5.48. The molecule has 0 unspecified atom stereocenters. The third-order valence-corrected chi connectivity index (χ3v) is 3.60. The molecule has 0 atom stereocenters. The number of hydrogen-bond donors (Lipinski definition) is 2. The van der Waals surface area contributed by atoms with Crippen LogP contribution < -0.4 is 11.1 Å². The molecule has 0 saturated heterocycles. The van der Waals surface area contributed by atoms with Gasteiger partial charge in [0.15, 0.2) is 0 Å². The summed E-state index contributed by atoms with van der Waals surface area (Å²) in [7, 11) is 0. The molecular weight excluding hydrogens is 222 g/mol. The standard InChI is InChI=1S/C11H19N3OS/c1-8-9(16-7-14-8)4-5-13-6-11(2,3)10(12)15/h7,13H,4-6H2,1-3H3,(H2,12,15). The van der Waals surface area contributed by atoms with E-state index >= 15 is 0 Å². The summed E-state index contributed by atoms with van der Waals surface area (Å²) in [5.74, 6) is -0.269. The van der Waals surface area contributed by atoms with Crippen LogP contribution in [0.5, 0.6) is 0 Å². The maximum Gasteiger partial charge on any atom is 0.224 e. The first-order valence-electron chi connectivity index (χ1n) is 5.33. The quantitative estimate of drug-likeness (QED) is 0.733. The van der Waals surface area contributed by atoms with Crippen molar-refractivity contribution in [2.24, 2.45) is 11.1 Å². The number of nitrogens with zero attached hydrogens (tertiary/aromatic N) is 1. The third kappa shape index (κ3) is 3.57. The molecular formula is C11H19N3OS. The number of hydrogen-bond acceptors (Lipinski definition) is 4.